The van der Waals surface area contributed by atoms with Crippen LogP contribution in [0.2, 0.25) is 5.02 Å². The Hall–Kier alpha value is -1.38. The number of ether oxygens (including phenoxy) is 1. The largest absolute Gasteiger partial charge is 0.497 e. The molecule has 0 unspecified atom stereocenters. The molecule has 0 fully saturated rings. The van der Waals surface area contributed by atoms with Gasteiger partial charge in [-0.2, -0.15) is 0 Å². The van der Waals surface area contributed by atoms with Gasteiger partial charge in [0.05, 0.1) is 17.8 Å². The highest BCUT2D eigenvalue weighted by molar-refractivity contribution is 6.33. The summed E-state index contributed by atoms with van der Waals surface area (Å²) >= 11 is 12.3. The number of methoxy groups -OCH3 is 1. The zero-order valence-electron chi connectivity index (χ0n) is 10.9. The van der Waals surface area contributed by atoms with Crippen molar-refractivity contribution >= 4 is 34.6 Å². The van der Waals surface area contributed by atoms with Gasteiger partial charge in [-0.15, -0.1) is 11.6 Å². The van der Waals surface area contributed by atoms with E-state index in [2.05, 4.69) is 0 Å². The molecule has 0 spiro atoms. The van der Waals surface area contributed by atoms with Crippen LogP contribution in [0.4, 0.5) is 11.4 Å². The van der Waals surface area contributed by atoms with Crippen LogP contribution in [0.5, 0.6) is 5.75 Å². The van der Waals surface area contributed by atoms with Crippen LogP contribution >= 0.6 is 23.2 Å². The summed E-state index contributed by atoms with van der Waals surface area (Å²) in [5, 5.41) is 0.691. The van der Waals surface area contributed by atoms with Crippen molar-refractivity contribution in [3.63, 3.8) is 0 Å². The monoisotopic (exact) mass is 295 g/mol. The predicted molar refractivity (Wildman–Crippen MR) is 82.1 cm³/mol. The molecule has 2 nitrogen and oxygen atoms in total. The number of hydrogen-bond acceptors (Lipinski definition) is 2. The van der Waals surface area contributed by atoms with Gasteiger partial charge >= 0.3 is 0 Å². The van der Waals surface area contributed by atoms with Crippen molar-refractivity contribution < 1.29 is 4.74 Å². The Labute approximate surface area is 123 Å². The number of para-hydroxylation sites is 1. The zero-order valence-corrected chi connectivity index (χ0v) is 12.4. The Balaban J connectivity index is 2.40. The lowest BCUT2D eigenvalue weighted by Crippen LogP contribution is -2.12. The third-order valence-corrected chi connectivity index (χ3v) is 3.60. The van der Waals surface area contributed by atoms with Crippen molar-refractivity contribution in [2.24, 2.45) is 0 Å². The molecule has 100 valence electrons. The number of nitrogens with zero attached hydrogens (tertiary/aromatic N) is 1. The lowest BCUT2D eigenvalue weighted by molar-refractivity contribution is 0.415. The van der Waals surface area contributed by atoms with E-state index < -0.39 is 0 Å². The highest BCUT2D eigenvalue weighted by atomic mass is 35.5. The van der Waals surface area contributed by atoms with Crippen LogP contribution in [0.3, 0.4) is 0 Å². The molecule has 0 aromatic heterocycles. The molecule has 0 saturated carbocycles. The number of anilines is 2. The molecular formula is C15H15Cl2NO. The van der Waals surface area contributed by atoms with Gasteiger partial charge < -0.3 is 9.64 Å². The summed E-state index contributed by atoms with van der Waals surface area (Å²) < 4.78 is 5.16. The second kappa shape index (κ2) is 6.18. The maximum absolute atomic E-state index is 6.29. The smallest absolute Gasteiger partial charge is 0.119 e. The molecule has 19 heavy (non-hydrogen) atoms. The topological polar surface area (TPSA) is 12.5 Å². The van der Waals surface area contributed by atoms with Crippen LogP contribution in [0.1, 0.15) is 5.56 Å². The second-order valence-corrected chi connectivity index (χ2v) is 4.81. The molecule has 0 aliphatic rings. The first-order chi connectivity index (χ1) is 9.17. The predicted octanol–water partition coefficient (Wildman–Crippen LogP) is 4.86. The van der Waals surface area contributed by atoms with E-state index in [9.17, 15) is 0 Å². The van der Waals surface area contributed by atoms with Crippen LogP contribution in [0.25, 0.3) is 0 Å². The van der Waals surface area contributed by atoms with E-state index in [-0.39, 0.29) is 0 Å². The summed E-state index contributed by atoms with van der Waals surface area (Å²) in [6.07, 6.45) is 0. The third kappa shape index (κ3) is 2.96. The van der Waals surface area contributed by atoms with E-state index in [1.54, 1.807) is 7.11 Å². The minimum Gasteiger partial charge on any atom is -0.497 e. The van der Waals surface area contributed by atoms with E-state index >= 15 is 0 Å². The summed E-state index contributed by atoms with van der Waals surface area (Å²) in [6, 6.07) is 13.6. The number of hydrogen-bond donors (Lipinski definition) is 0. The van der Waals surface area contributed by atoms with Crippen LogP contribution < -0.4 is 9.64 Å². The normalized spacial score (nSPS) is 10.3. The standard InChI is InChI=1S/C15H15Cl2NO/c1-18(12-6-8-13(19-2)9-7-12)15-11(10-16)4-3-5-14(15)17/h3-9H,10H2,1-2H3. The SMILES string of the molecule is COc1ccc(N(C)c2c(Cl)cccc2CCl)cc1. The van der Waals surface area contributed by atoms with Crippen LogP contribution in [-0.2, 0) is 5.88 Å². The molecular weight excluding hydrogens is 281 g/mol. The molecule has 0 bridgehead atoms. The Bertz CT molecular complexity index is 555. The first-order valence-corrected chi connectivity index (χ1v) is 6.79. The molecule has 0 atom stereocenters. The van der Waals surface area contributed by atoms with E-state index in [1.165, 1.54) is 0 Å². The Kier molecular flexibility index (Phi) is 4.56. The van der Waals surface area contributed by atoms with Crippen molar-refractivity contribution in [2.75, 3.05) is 19.1 Å². The average molecular weight is 296 g/mol. The second-order valence-electron chi connectivity index (χ2n) is 4.14. The molecule has 0 saturated heterocycles. The molecule has 0 N–H and O–H groups in total. The third-order valence-electron chi connectivity index (χ3n) is 3.01. The molecule has 2 rings (SSSR count). The van der Waals surface area contributed by atoms with E-state index in [4.69, 9.17) is 27.9 Å². The summed E-state index contributed by atoms with van der Waals surface area (Å²) in [6.45, 7) is 0. The van der Waals surface area contributed by atoms with Crippen molar-refractivity contribution in [2.45, 2.75) is 5.88 Å². The minimum atomic E-state index is 0.427. The molecule has 0 aliphatic heterocycles. The van der Waals surface area contributed by atoms with E-state index in [0.29, 0.717) is 10.9 Å². The van der Waals surface area contributed by atoms with Gasteiger partial charge in [-0.05, 0) is 35.9 Å². The Morgan fingerprint density at radius 2 is 1.79 bits per heavy atom. The van der Waals surface area contributed by atoms with Crippen LogP contribution in [0, 0.1) is 0 Å². The molecule has 2 aromatic carbocycles. The fraction of sp³-hybridized carbons (Fsp3) is 0.200. The van der Waals surface area contributed by atoms with Gasteiger partial charge in [-0.3, -0.25) is 0 Å². The fourth-order valence-electron chi connectivity index (χ4n) is 1.98. The fourth-order valence-corrected chi connectivity index (χ4v) is 2.51. The lowest BCUT2D eigenvalue weighted by atomic mass is 10.1. The zero-order chi connectivity index (χ0) is 13.8. The van der Waals surface area contributed by atoms with Crippen LogP contribution in [-0.4, -0.2) is 14.2 Å². The van der Waals surface area contributed by atoms with E-state index in [1.807, 2.05) is 54.4 Å². The van der Waals surface area contributed by atoms with Gasteiger partial charge in [0.2, 0.25) is 0 Å². The summed E-state index contributed by atoms with van der Waals surface area (Å²) in [7, 11) is 3.62. The maximum Gasteiger partial charge on any atom is 0.119 e. The van der Waals surface area contributed by atoms with Gasteiger partial charge in [0.25, 0.3) is 0 Å². The minimum absolute atomic E-state index is 0.427. The van der Waals surface area contributed by atoms with Gasteiger partial charge in [-0.1, -0.05) is 23.7 Å². The summed E-state index contributed by atoms with van der Waals surface area (Å²) in [5.41, 5.74) is 2.97. The van der Waals surface area contributed by atoms with Gasteiger partial charge in [0.15, 0.2) is 0 Å². The quantitative estimate of drug-likeness (QED) is 0.747. The first kappa shape index (κ1) is 14.0. The molecule has 2 aromatic rings. The molecule has 0 aliphatic carbocycles. The number of halogens is 2. The van der Waals surface area contributed by atoms with Crippen molar-refractivity contribution in [3.05, 3.63) is 53.1 Å². The van der Waals surface area contributed by atoms with Gasteiger partial charge in [0, 0.05) is 18.6 Å². The summed E-state index contributed by atoms with van der Waals surface area (Å²) in [4.78, 5) is 2.03. The van der Waals surface area contributed by atoms with Crippen molar-refractivity contribution in [3.8, 4) is 5.75 Å². The Morgan fingerprint density at radius 3 is 2.37 bits per heavy atom. The van der Waals surface area contributed by atoms with Crippen molar-refractivity contribution in [1.29, 1.82) is 0 Å². The first-order valence-electron chi connectivity index (χ1n) is 5.88. The van der Waals surface area contributed by atoms with E-state index in [0.717, 1.165) is 22.7 Å². The Morgan fingerprint density at radius 1 is 1.11 bits per heavy atom. The molecule has 0 heterocycles. The lowest BCUT2D eigenvalue weighted by Gasteiger charge is -2.23. The highest BCUT2D eigenvalue weighted by Crippen LogP contribution is 2.35. The highest BCUT2D eigenvalue weighted by Gasteiger charge is 2.12. The van der Waals surface area contributed by atoms with Gasteiger partial charge in [-0.25, -0.2) is 0 Å². The maximum atomic E-state index is 6.29. The molecule has 0 radical (unpaired) electrons. The number of alkyl halides is 1. The summed E-state index contributed by atoms with van der Waals surface area (Å²) in [5.74, 6) is 1.25. The molecule has 0 amide bonds. The number of benzene rings is 2. The van der Waals surface area contributed by atoms with Gasteiger partial charge in [0.1, 0.15) is 5.75 Å². The number of rotatable bonds is 4. The average Bonchev–Trinajstić information content (AvgIpc) is 2.46. The van der Waals surface area contributed by atoms with Crippen LogP contribution in [0.15, 0.2) is 42.5 Å². The molecule has 4 heteroatoms. The van der Waals surface area contributed by atoms with Crippen molar-refractivity contribution in [1.82, 2.24) is 0 Å².